The van der Waals surface area contributed by atoms with E-state index < -0.39 is 0 Å². The number of fused-ring (bicyclic) bond motifs is 1. The molecule has 0 unspecified atom stereocenters. The lowest BCUT2D eigenvalue weighted by Crippen LogP contribution is -2.28. The van der Waals surface area contributed by atoms with Crippen molar-refractivity contribution < 1.29 is 4.92 Å². The second-order valence-electron chi connectivity index (χ2n) is 4.63. The lowest BCUT2D eigenvalue weighted by molar-refractivity contribution is -0.384. The summed E-state index contributed by atoms with van der Waals surface area (Å²) < 4.78 is 0.848. The topological polar surface area (TPSA) is 62.5 Å². The van der Waals surface area contributed by atoms with Crippen LogP contribution < -0.4 is 4.90 Å². The van der Waals surface area contributed by atoms with Gasteiger partial charge in [-0.1, -0.05) is 11.3 Å². The van der Waals surface area contributed by atoms with Crippen molar-refractivity contribution in [1.82, 2.24) is 9.88 Å². The Kier molecular flexibility index (Phi) is 3.96. The second kappa shape index (κ2) is 5.50. The van der Waals surface area contributed by atoms with Gasteiger partial charge in [0.25, 0.3) is 5.69 Å². The fourth-order valence-electron chi connectivity index (χ4n) is 1.62. The molecule has 102 valence electrons. The van der Waals surface area contributed by atoms with Gasteiger partial charge < -0.3 is 9.80 Å². The zero-order valence-electron chi connectivity index (χ0n) is 11.2. The first-order valence-corrected chi connectivity index (χ1v) is 6.70. The highest BCUT2D eigenvalue weighted by atomic mass is 32.1. The van der Waals surface area contributed by atoms with Gasteiger partial charge in [0, 0.05) is 32.3 Å². The molecule has 7 heteroatoms. The van der Waals surface area contributed by atoms with E-state index in [4.69, 9.17) is 0 Å². The quantitative estimate of drug-likeness (QED) is 0.620. The molecule has 6 nitrogen and oxygen atoms in total. The van der Waals surface area contributed by atoms with E-state index in [1.165, 1.54) is 17.4 Å². The summed E-state index contributed by atoms with van der Waals surface area (Å²) in [5.41, 5.74) is 0.918. The molecule has 19 heavy (non-hydrogen) atoms. The van der Waals surface area contributed by atoms with Gasteiger partial charge in [-0.05, 0) is 20.2 Å². The first kappa shape index (κ1) is 13.7. The van der Waals surface area contributed by atoms with E-state index in [-0.39, 0.29) is 10.6 Å². The summed E-state index contributed by atoms with van der Waals surface area (Å²) in [6, 6.07) is 4.77. The summed E-state index contributed by atoms with van der Waals surface area (Å²) >= 11 is 1.48. The first-order valence-electron chi connectivity index (χ1n) is 5.88. The van der Waals surface area contributed by atoms with Gasteiger partial charge >= 0.3 is 0 Å². The van der Waals surface area contributed by atoms with Crippen molar-refractivity contribution >= 4 is 32.4 Å². The molecule has 0 aliphatic carbocycles. The summed E-state index contributed by atoms with van der Waals surface area (Å²) in [5, 5.41) is 11.6. The molecule has 0 radical (unpaired) electrons. The van der Waals surface area contributed by atoms with Gasteiger partial charge in [-0.2, -0.15) is 0 Å². The number of hydrogen-bond donors (Lipinski definition) is 0. The minimum atomic E-state index is -0.380. The summed E-state index contributed by atoms with van der Waals surface area (Å²) in [7, 11) is 6.03. The standard InChI is InChI=1S/C12H16N4O2S/c1-14(2)6-7-15(3)12-13-10-5-4-9(16(17)18)8-11(10)19-12/h4-5,8H,6-7H2,1-3H3. The van der Waals surface area contributed by atoms with Crippen LogP contribution in [0.1, 0.15) is 0 Å². The largest absolute Gasteiger partial charge is 0.350 e. The lowest BCUT2D eigenvalue weighted by atomic mass is 10.3. The van der Waals surface area contributed by atoms with Crippen molar-refractivity contribution in [3.05, 3.63) is 28.3 Å². The Bertz CT molecular complexity index is 596. The number of anilines is 1. The minimum Gasteiger partial charge on any atom is -0.350 e. The highest BCUT2D eigenvalue weighted by Crippen LogP contribution is 2.30. The molecular weight excluding hydrogens is 264 g/mol. The zero-order valence-corrected chi connectivity index (χ0v) is 12.0. The Morgan fingerprint density at radius 2 is 2.05 bits per heavy atom. The Morgan fingerprint density at radius 1 is 1.32 bits per heavy atom. The van der Waals surface area contributed by atoms with E-state index >= 15 is 0 Å². The highest BCUT2D eigenvalue weighted by molar-refractivity contribution is 7.22. The predicted octanol–water partition coefficient (Wildman–Crippen LogP) is 2.20. The molecule has 1 heterocycles. The molecule has 0 aliphatic heterocycles. The number of rotatable bonds is 5. The average Bonchev–Trinajstić information content (AvgIpc) is 2.78. The average molecular weight is 280 g/mol. The Labute approximate surface area is 115 Å². The number of nitro benzene ring substituents is 1. The summed E-state index contributed by atoms with van der Waals surface area (Å²) in [6.07, 6.45) is 0. The number of benzene rings is 1. The normalized spacial score (nSPS) is 11.2. The molecule has 0 amide bonds. The van der Waals surface area contributed by atoms with Crippen molar-refractivity contribution in [2.24, 2.45) is 0 Å². The van der Waals surface area contributed by atoms with Gasteiger partial charge in [-0.15, -0.1) is 0 Å². The number of thiazole rings is 1. The molecule has 0 bridgehead atoms. The molecule has 0 aliphatic rings. The molecule has 0 saturated heterocycles. The molecule has 0 fully saturated rings. The highest BCUT2D eigenvalue weighted by Gasteiger charge is 2.12. The van der Waals surface area contributed by atoms with Gasteiger partial charge in [0.05, 0.1) is 15.1 Å². The van der Waals surface area contributed by atoms with Crippen LogP contribution in [-0.4, -0.2) is 49.0 Å². The predicted molar refractivity (Wildman–Crippen MR) is 78.1 cm³/mol. The molecule has 0 atom stereocenters. The maximum absolute atomic E-state index is 10.7. The third-order valence-corrected chi connectivity index (χ3v) is 3.91. The van der Waals surface area contributed by atoms with Gasteiger partial charge in [0.15, 0.2) is 5.13 Å². The summed E-state index contributed by atoms with van der Waals surface area (Å²) in [6.45, 7) is 1.81. The van der Waals surface area contributed by atoms with Crippen LogP contribution in [0.5, 0.6) is 0 Å². The smallest absolute Gasteiger partial charge is 0.270 e. The third-order valence-electron chi connectivity index (χ3n) is 2.78. The van der Waals surface area contributed by atoms with E-state index in [1.807, 2.05) is 21.1 Å². The maximum atomic E-state index is 10.7. The summed E-state index contributed by atoms with van der Waals surface area (Å²) in [4.78, 5) is 19.0. The number of nitro groups is 1. The lowest BCUT2D eigenvalue weighted by Gasteiger charge is -2.18. The van der Waals surface area contributed by atoms with E-state index in [1.54, 1.807) is 12.1 Å². The minimum absolute atomic E-state index is 0.110. The zero-order chi connectivity index (χ0) is 14.0. The third kappa shape index (κ3) is 3.18. The van der Waals surface area contributed by atoms with Crippen LogP contribution in [0.25, 0.3) is 10.2 Å². The second-order valence-corrected chi connectivity index (χ2v) is 5.64. The SMILES string of the molecule is CN(C)CCN(C)c1nc2ccc([N+](=O)[O-])cc2s1. The Balaban J connectivity index is 2.23. The Hall–Kier alpha value is -1.73. The van der Waals surface area contributed by atoms with Gasteiger partial charge in [-0.3, -0.25) is 10.1 Å². The number of likely N-dealkylation sites (N-methyl/N-ethyl adjacent to an activating group) is 2. The number of nitrogens with zero attached hydrogens (tertiary/aromatic N) is 4. The molecular formula is C12H16N4O2S. The molecule has 0 spiro atoms. The van der Waals surface area contributed by atoms with Crippen molar-refractivity contribution in [2.45, 2.75) is 0 Å². The van der Waals surface area contributed by atoms with Crippen molar-refractivity contribution in [3.8, 4) is 0 Å². The maximum Gasteiger partial charge on any atom is 0.270 e. The van der Waals surface area contributed by atoms with Crippen LogP contribution in [-0.2, 0) is 0 Å². The van der Waals surface area contributed by atoms with E-state index in [9.17, 15) is 10.1 Å². The molecule has 1 aromatic carbocycles. The molecule has 0 N–H and O–H groups in total. The fraction of sp³-hybridized carbons (Fsp3) is 0.417. The van der Waals surface area contributed by atoms with Crippen LogP contribution in [0.15, 0.2) is 18.2 Å². The molecule has 1 aromatic heterocycles. The van der Waals surface area contributed by atoms with Crippen molar-refractivity contribution in [3.63, 3.8) is 0 Å². The Morgan fingerprint density at radius 3 is 2.68 bits per heavy atom. The van der Waals surface area contributed by atoms with E-state index in [0.29, 0.717) is 0 Å². The first-order chi connectivity index (χ1) is 8.97. The molecule has 0 saturated carbocycles. The van der Waals surface area contributed by atoms with Crippen LogP contribution in [0.2, 0.25) is 0 Å². The van der Waals surface area contributed by atoms with Crippen LogP contribution in [0.3, 0.4) is 0 Å². The van der Waals surface area contributed by atoms with Gasteiger partial charge in [-0.25, -0.2) is 4.98 Å². The van der Waals surface area contributed by atoms with Crippen LogP contribution in [0, 0.1) is 10.1 Å². The van der Waals surface area contributed by atoms with Crippen LogP contribution >= 0.6 is 11.3 Å². The molecule has 2 rings (SSSR count). The van der Waals surface area contributed by atoms with Crippen molar-refractivity contribution in [1.29, 1.82) is 0 Å². The number of aromatic nitrogens is 1. The number of non-ortho nitro benzene ring substituents is 1. The van der Waals surface area contributed by atoms with E-state index in [0.717, 1.165) is 28.4 Å². The fourth-order valence-corrected chi connectivity index (χ4v) is 2.61. The van der Waals surface area contributed by atoms with Crippen molar-refractivity contribution in [2.75, 3.05) is 39.1 Å². The monoisotopic (exact) mass is 280 g/mol. The van der Waals surface area contributed by atoms with E-state index in [2.05, 4.69) is 14.8 Å². The van der Waals surface area contributed by atoms with Gasteiger partial charge in [0.2, 0.25) is 0 Å². The van der Waals surface area contributed by atoms with Crippen LogP contribution in [0.4, 0.5) is 10.8 Å². The van der Waals surface area contributed by atoms with Gasteiger partial charge in [0.1, 0.15) is 0 Å². The summed E-state index contributed by atoms with van der Waals surface area (Å²) in [5.74, 6) is 0. The number of hydrogen-bond acceptors (Lipinski definition) is 6. The molecule has 2 aromatic rings.